The Hall–Kier alpha value is -1.11. The third-order valence-corrected chi connectivity index (χ3v) is 4.54. The Balaban J connectivity index is 2.46. The van der Waals surface area contributed by atoms with Crippen LogP contribution in [-0.4, -0.2) is 36.4 Å². The number of pyridine rings is 1. The molecule has 1 aromatic rings. The molecule has 0 radical (unpaired) electrons. The fraction of sp³-hybridized carbons (Fsp3) is 0.571. The van der Waals surface area contributed by atoms with Crippen LogP contribution in [-0.2, 0) is 14.0 Å². The molecular weight excluding hydrogens is 292 g/mol. The van der Waals surface area contributed by atoms with Gasteiger partial charge in [-0.25, -0.2) is 9.78 Å². The molecule has 0 unspecified atom stereocenters. The topological polar surface area (TPSA) is 57.7 Å². The zero-order valence-corrected chi connectivity index (χ0v) is 13.9. The molecule has 0 N–H and O–H groups in total. The standard InChI is InChI=1S/C14H19BClNO4/c1-8-11(16)9(7-10(17-8)12(18)19-6)15-20-13(2,3)14(4,5)21-15/h7H,1-6H3. The van der Waals surface area contributed by atoms with Crippen molar-refractivity contribution in [3.8, 4) is 0 Å². The quantitative estimate of drug-likeness (QED) is 0.618. The highest BCUT2D eigenvalue weighted by Gasteiger charge is 2.52. The first-order chi connectivity index (χ1) is 9.59. The second kappa shape index (κ2) is 5.27. The van der Waals surface area contributed by atoms with Gasteiger partial charge in [0.15, 0.2) is 0 Å². The zero-order valence-electron chi connectivity index (χ0n) is 13.1. The number of methoxy groups -OCH3 is 1. The van der Waals surface area contributed by atoms with Gasteiger partial charge in [0.05, 0.1) is 29.0 Å². The van der Waals surface area contributed by atoms with Crippen molar-refractivity contribution in [1.82, 2.24) is 4.98 Å². The summed E-state index contributed by atoms with van der Waals surface area (Å²) in [5, 5.41) is 0.432. The van der Waals surface area contributed by atoms with Gasteiger partial charge in [-0.15, -0.1) is 0 Å². The Kier molecular flexibility index (Phi) is 4.08. The van der Waals surface area contributed by atoms with E-state index < -0.39 is 24.3 Å². The van der Waals surface area contributed by atoms with Crippen molar-refractivity contribution in [1.29, 1.82) is 0 Å². The van der Waals surface area contributed by atoms with Crippen LogP contribution in [0.2, 0.25) is 5.02 Å². The maximum absolute atomic E-state index is 11.7. The van der Waals surface area contributed by atoms with Crippen LogP contribution in [0.15, 0.2) is 6.07 Å². The van der Waals surface area contributed by atoms with E-state index >= 15 is 0 Å². The van der Waals surface area contributed by atoms with Crippen LogP contribution >= 0.6 is 11.6 Å². The van der Waals surface area contributed by atoms with Crippen molar-refractivity contribution < 1.29 is 18.8 Å². The molecular formula is C14H19BClNO4. The zero-order chi connectivity index (χ0) is 16.0. The highest BCUT2D eigenvalue weighted by molar-refractivity contribution is 6.65. The third kappa shape index (κ3) is 2.80. The molecule has 2 heterocycles. The molecule has 1 fully saturated rings. The van der Waals surface area contributed by atoms with E-state index in [9.17, 15) is 4.79 Å². The Morgan fingerprint density at radius 1 is 1.29 bits per heavy atom. The number of aromatic nitrogens is 1. The van der Waals surface area contributed by atoms with Crippen molar-refractivity contribution in [3.63, 3.8) is 0 Å². The summed E-state index contributed by atoms with van der Waals surface area (Å²) in [6.45, 7) is 9.54. The monoisotopic (exact) mass is 311 g/mol. The number of hydrogen-bond acceptors (Lipinski definition) is 5. The molecule has 0 aliphatic carbocycles. The summed E-state index contributed by atoms with van der Waals surface area (Å²) in [6, 6.07) is 1.56. The van der Waals surface area contributed by atoms with Crippen molar-refractivity contribution in [3.05, 3.63) is 22.5 Å². The molecule has 5 nitrogen and oxygen atoms in total. The second-order valence-corrected chi connectivity index (χ2v) is 6.45. The van der Waals surface area contributed by atoms with Gasteiger partial charge in [-0.3, -0.25) is 0 Å². The molecule has 0 spiro atoms. The van der Waals surface area contributed by atoms with E-state index in [0.717, 1.165) is 0 Å². The molecule has 0 atom stereocenters. The molecule has 0 amide bonds. The number of rotatable bonds is 2. The minimum Gasteiger partial charge on any atom is -0.464 e. The normalized spacial score (nSPS) is 19.7. The van der Waals surface area contributed by atoms with Gasteiger partial charge in [0.1, 0.15) is 5.69 Å². The number of aryl methyl sites for hydroxylation is 1. The van der Waals surface area contributed by atoms with Crippen LogP contribution in [0.5, 0.6) is 0 Å². The summed E-state index contributed by atoms with van der Waals surface area (Å²) >= 11 is 6.30. The summed E-state index contributed by atoms with van der Waals surface area (Å²) in [4.78, 5) is 15.8. The number of halogens is 1. The summed E-state index contributed by atoms with van der Waals surface area (Å²) in [5.41, 5.74) is 0.337. The van der Waals surface area contributed by atoms with Gasteiger partial charge >= 0.3 is 13.1 Å². The van der Waals surface area contributed by atoms with E-state index in [0.29, 0.717) is 16.2 Å². The van der Waals surface area contributed by atoms with E-state index in [1.807, 2.05) is 27.7 Å². The highest BCUT2D eigenvalue weighted by Crippen LogP contribution is 2.37. The lowest BCUT2D eigenvalue weighted by atomic mass is 9.78. The van der Waals surface area contributed by atoms with Gasteiger partial charge in [0, 0.05) is 5.46 Å². The molecule has 114 valence electrons. The van der Waals surface area contributed by atoms with Crippen molar-refractivity contribution >= 4 is 30.2 Å². The van der Waals surface area contributed by atoms with E-state index in [4.69, 9.17) is 25.6 Å². The number of esters is 1. The van der Waals surface area contributed by atoms with Gasteiger partial charge in [-0.05, 0) is 40.7 Å². The van der Waals surface area contributed by atoms with E-state index in [-0.39, 0.29) is 5.69 Å². The Morgan fingerprint density at radius 3 is 2.29 bits per heavy atom. The highest BCUT2D eigenvalue weighted by atomic mass is 35.5. The van der Waals surface area contributed by atoms with Crippen LogP contribution in [0.4, 0.5) is 0 Å². The molecule has 7 heteroatoms. The largest absolute Gasteiger partial charge is 0.496 e. The van der Waals surface area contributed by atoms with Crippen molar-refractivity contribution in [2.24, 2.45) is 0 Å². The van der Waals surface area contributed by atoms with E-state index in [2.05, 4.69) is 4.98 Å². The maximum Gasteiger partial charge on any atom is 0.496 e. The minimum atomic E-state index is -0.646. The minimum absolute atomic E-state index is 0.184. The van der Waals surface area contributed by atoms with Crippen LogP contribution in [0.1, 0.15) is 43.9 Å². The van der Waals surface area contributed by atoms with E-state index in [1.54, 1.807) is 13.0 Å². The average Bonchev–Trinajstić information content (AvgIpc) is 2.60. The molecule has 2 rings (SSSR count). The lowest BCUT2D eigenvalue weighted by Gasteiger charge is -2.32. The molecule has 0 saturated carbocycles. The lowest BCUT2D eigenvalue weighted by Crippen LogP contribution is -2.41. The van der Waals surface area contributed by atoms with Crippen LogP contribution in [0, 0.1) is 6.92 Å². The smallest absolute Gasteiger partial charge is 0.464 e. The number of carbonyl (C=O) groups is 1. The van der Waals surface area contributed by atoms with Gasteiger partial charge in [-0.1, -0.05) is 11.6 Å². The summed E-state index contributed by atoms with van der Waals surface area (Å²) in [5.74, 6) is -0.521. The number of hydrogen-bond donors (Lipinski definition) is 0. The molecule has 1 aliphatic rings. The van der Waals surface area contributed by atoms with Gasteiger partial charge in [0.2, 0.25) is 0 Å². The lowest BCUT2D eigenvalue weighted by molar-refractivity contribution is 0.00578. The molecule has 1 saturated heterocycles. The second-order valence-electron chi connectivity index (χ2n) is 6.08. The summed E-state index contributed by atoms with van der Waals surface area (Å²) < 4.78 is 16.6. The number of nitrogens with zero attached hydrogens (tertiary/aromatic N) is 1. The van der Waals surface area contributed by atoms with Gasteiger partial charge < -0.3 is 14.0 Å². The Labute approximate surface area is 130 Å². The SMILES string of the molecule is COC(=O)c1cc(B2OC(C)(C)C(C)(C)O2)c(Cl)c(C)n1. The van der Waals surface area contributed by atoms with Gasteiger partial charge in [0.25, 0.3) is 0 Å². The Bertz CT molecular complexity index is 573. The summed E-state index contributed by atoms with van der Waals surface area (Å²) in [7, 11) is 0.662. The van der Waals surface area contributed by atoms with Crippen molar-refractivity contribution in [2.75, 3.05) is 7.11 Å². The molecule has 21 heavy (non-hydrogen) atoms. The van der Waals surface area contributed by atoms with E-state index in [1.165, 1.54) is 7.11 Å². The predicted molar refractivity (Wildman–Crippen MR) is 81.0 cm³/mol. The molecule has 0 bridgehead atoms. The molecule has 1 aliphatic heterocycles. The first-order valence-corrected chi connectivity index (χ1v) is 7.08. The number of ether oxygens (including phenoxy) is 1. The first-order valence-electron chi connectivity index (χ1n) is 6.70. The van der Waals surface area contributed by atoms with Crippen LogP contribution < -0.4 is 5.46 Å². The predicted octanol–water partition coefficient (Wildman–Crippen LogP) is 2.13. The van der Waals surface area contributed by atoms with Crippen LogP contribution in [0.25, 0.3) is 0 Å². The van der Waals surface area contributed by atoms with Crippen molar-refractivity contribution in [2.45, 2.75) is 45.8 Å². The van der Waals surface area contributed by atoms with Gasteiger partial charge in [-0.2, -0.15) is 0 Å². The number of carbonyl (C=O) groups excluding carboxylic acids is 1. The Morgan fingerprint density at radius 2 is 1.81 bits per heavy atom. The maximum atomic E-state index is 11.7. The molecule has 0 aromatic carbocycles. The molecule has 1 aromatic heterocycles. The third-order valence-electron chi connectivity index (χ3n) is 4.05. The summed E-state index contributed by atoms with van der Waals surface area (Å²) in [6.07, 6.45) is 0. The average molecular weight is 312 g/mol. The fourth-order valence-electron chi connectivity index (χ4n) is 2.03. The van der Waals surface area contributed by atoms with Crippen LogP contribution in [0.3, 0.4) is 0 Å². The fourth-order valence-corrected chi connectivity index (χ4v) is 2.22. The first kappa shape index (κ1) is 16.3.